The number of rotatable bonds is 3. The summed E-state index contributed by atoms with van der Waals surface area (Å²) in [7, 11) is 2.01. The number of hydrogen-bond acceptors (Lipinski definition) is 4. The van der Waals surface area contributed by atoms with Crippen LogP contribution in [0.2, 0.25) is 0 Å². The molecule has 24 heavy (non-hydrogen) atoms. The maximum absolute atomic E-state index is 12.4. The van der Waals surface area contributed by atoms with Crippen LogP contribution in [0.1, 0.15) is 57.2 Å². The van der Waals surface area contributed by atoms with Crippen molar-refractivity contribution in [1.82, 2.24) is 24.6 Å². The van der Waals surface area contributed by atoms with Crippen LogP contribution in [-0.2, 0) is 18.4 Å². The fourth-order valence-electron chi connectivity index (χ4n) is 4.84. The van der Waals surface area contributed by atoms with E-state index in [1.807, 2.05) is 11.6 Å². The van der Waals surface area contributed by atoms with Crippen molar-refractivity contribution >= 4 is 5.91 Å². The second kappa shape index (κ2) is 6.47. The molecule has 0 radical (unpaired) electrons. The van der Waals surface area contributed by atoms with Gasteiger partial charge in [0.1, 0.15) is 12.2 Å². The first-order valence-electron chi connectivity index (χ1n) is 9.50. The molecule has 1 saturated carbocycles. The standard InChI is InChI=1S/C18H29N5O/c1-21-14-19-20-16(21)12-22-10-8-18(9-11-22)7-6-17(24)23(13-18)15-4-2-3-5-15/h14-15H,2-13H2,1H3. The molecule has 0 aromatic carbocycles. The summed E-state index contributed by atoms with van der Waals surface area (Å²) in [5.74, 6) is 1.45. The topological polar surface area (TPSA) is 54.3 Å². The van der Waals surface area contributed by atoms with Crippen LogP contribution in [0.5, 0.6) is 0 Å². The Morgan fingerprint density at radius 3 is 2.62 bits per heavy atom. The lowest BCUT2D eigenvalue weighted by Gasteiger charge is -2.49. The lowest BCUT2D eigenvalue weighted by Crippen LogP contribution is -2.53. The monoisotopic (exact) mass is 331 g/mol. The highest BCUT2D eigenvalue weighted by Crippen LogP contribution is 2.42. The molecule has 0 unspecified atom stereocenters. The highest BCUT2D eigenvalue weighted by molar-refractivity contribution is 5.77. The molecule has 0 N–H and O–H groups in total. The summed E-state index contributed by atoms with van der Waals surface area (Å²) in [6.07, 6.45) is 11.1. The van der Waals surface area contributed by atoms with Gasteiger partial charge in [0.15, 0.2) is 0 Å². The second-order valence-electron chi connectivity index (χ2n) is 8.09. The van der Waals surface area contributed by atoms with Crippen molar-refractivity contribution in [3.05, 3.63) is 12.2 Å². The van der Waals surface area contributed by atoms with E-state index in [0.717, 1.165) is 44.8 Å². The predicted molar refractivity (Wildman–Crippen MR) is 91.2 cm³/mol. The fourth-order valence-corrected chi connectivity index (χ4v) is 4.84. The zero-order chi connectivity index (χ0) is 16.6. The molecule has 6 nitrogen and oxygen atoms in total. The van der Waals surface area contributed by atoms with E-state index in [4.69, 9.17) is 0 Å². The van der Waals surface area contributed by atoms with Crippen LogP contribution in [0.25, 0.3) is 0 Å². The Bertz CT molecular complexity index is 584. The molecule has 6 heteroatoms. The summed E-state index contributed by atoms with van der Waals surface area (Å²) < 4.78 is 2.01. The molecular weight excluding hydrogens is 302 g/mol. The van der Waals surface area contributed by atoms with Crippen molar-refractivity contribution in [1.29, 1.82) is 0 Å². The van der Waals surface area contributed by atoms with Gasteiger partial charge in [-0.1, -0.05) is 12.8 Å². The number of amides is 1. The lowest BCUT2D eigenvalue weighted by molar-refractivity contribution is -0.142. The molecule has 1 aromatic rings. The summed E-state index contributed by atoms with van der Waals surface area (Å²) in [5, 5.41) is 8.18. The average molecular weight is 331 g/mol. The molecule has 3 aliphatic rings. The van der Waals surface area contributed by atoms with E-state index in [0.29, 0.717) is 17.4 Å². The molecule has 4 rings (SSSR count). The molecular formula is C18H29N5O. The van der Waals surface area contributed by atoms with E-state index in [-0.39, 0.29) is 0 Å². The fraction of sp³-hybridized carbons (Fsp3) is 0.833. The maximum Gasteiger partial charge on any atom is 0.222 e. The van der Waals surface area contributed by atoms with Gasteiger partial charge >= 0.3 is 0 Å². The number of hydrogen-bond donors (Lipinski definition) is 0. The van der Waals surface area contributed by atoms with E-state index in [1.54, 1.807) is 6.33 Å². The largest absolute Gasteiger partial charge is 0.339 e. The van der Waals surface area contributed by atoms with Crippen LogP contribution in [-0.4, -0.2) is 56.1 Å². The van der Waals surface area contributed by atoms with Gasteiger partial charge in [0.05, 0.1) is 6.54 Å². The van der Waals surface area contributed by atoms with Gasteiger partial charge in [-0.05, 0) is 50.6 Å². The van der Waals surface area contributed by atoms with Gasteiger partial charge in [0, 0.05) is 26.1 Å². The van der Waals surface area contributed by atoms with Gasteiger partial charge in [-0.15, -0.1) is 10.2 Å². The van der Waals surface area contributed by atoms with Crippen molar-refractivity contribution < 1.29 is 4.79 Å². The molecule has 132 valence electrons. The van der Waals surface area contributed by atoms with Gasteiger partial charge in [-0.25, -0.2) is 0 Å². The summed E-state index contributed by atoms with van der Waals surface area (Å²) in [6.45, 7) is 4.12. The van der Waals surface area contributed by atoms with Crippen molar-refractivity contribution in [3.8, 4) is 0 Å². The maximum atomic E-state index is 12.4. The van der Waals surface area contributed by atoms with Crippen LogP contribution >= 0.6 is 0 Å². The van der Waals surface area contributed by atoms with Crippen molar-refractivity contribution in [2.45, 2.75) is 64.0 Å². The lowest BCUT2D eigenvalue weighted by atomic mass is 9.72. The van der Waals surface area contributed by atoms with Gasteiger partial charge in [0.2, 0.25) is 5.91 Å². The van der Waals surface area contributed by atoms with Crippen LogP contribution < -0.4 is 0 Å². The number of carbonyl (C=O) groups is 1. The normalized spacial score (nSPS) is 25.7. The van der Waals surface area contributed by atoms with E-state index in [1.165, 1.54) is 38.5 Å². The molecule has 1 aliphatic carbocycles. The first kappa shape index (κ1) is 16.1. The molecule has 2 aliphatic heterocycles. The molecule has 3 heterocycles. The van der Waals surface area contributed by atoms with Gasteiger partial charge in [0.25, 0.3) is 0 Å². The van der Waals surface area contributed by atoms with Crippen LogP contribution in [0, 0.1) is 5.41 Å². The van der Waals surface area contributed by atoms with E-state index in [9.17, 15) is 4.79 Å². The van der Waals surface area contributed by atoms with Crippen LogP contribution in [0.3, 0.4) is 0 Å². The molecule has 0 bridgehead atoms. The van der Waals surface area contributed by atoms with Crippen LogP contribution in [0.4, 0.5) is 0 Å². The molecule has 1 spiro atoms. The Labute approximate surface area is 144 Å². The average Bonchev–Trinajstić information content (AvgIpc) is 3.25. The first-order valence-corrected chi connectivity index (χ1v) is 9.50. The Balaban J connectivity index is 1.37. The molecule has 1 amide bonds. The Hall–Kier alpha value is -1.43. The third-order valence-electron chi connectivity index (χ3n) is 6.55. The third kappa shape index (κ3) is 3.08. The van der Waals surface area contributed by atoms with Gasteiger partial charge < -0.3 is 9.47 Å². The minimum Gasteiger partial charge on any atom is -0.339 e. The summed E-state index contributed by atoms with van der Waals surface area (Å²) in [6, 6.07) is 0.534. The number of carbonyl (C=O) groups excluding carboxylic acids is 1. The Kier molecular flexibility index (Phi) is 4.33. The summed E-state index contributed by atoms with van der Waals surface area (Å²) >= 11 is 0. The van der Waals surface area contributed by atoms with Crippen molar-refractivity contribution in [3.63, 3.8) is 0 Å². The number of nitrogens with zero attached hydrogens (tertiary/aromatic N) is 5. The zero-order valence-corrected chi connectivity index (χ0v) is 14.8. The van der Waals surface area contributed by atoms with E-state index >= 15 is 0 Å². The highest BCUT2D eigenvalue weighted by Gasteiger charge is 2.43. The van der Waals surface area contributed by atoms with Crippen molar-refractivity contribution in [2.24, 2.45) is 12.5 Å². The number of aromatic nitrogens is 3. The molecule has 0 atom stereocenters. The second-order valence-corrected chi connectivity index (χ2v) is 8.09. The van der Waals surface area contributed by atoms with Crippen molar-refractivity contribution in [2.75, 3.05) is 19.6 Å². The highest BCUT2D eigenvalue weighted by atomic mass is 16.2. The SMILES string of the molecule is Cn1cnnc1CN1CCC2(CCC(=O)N(C3CCCC3)C2)CC1. The number of piperidine rings is 2. The summed E-state index contributed by atoms with van der Waals surface area (Å²) in [4.78, 5) is 17.2. The van der Waals surface area contributed by atoms with E-state index in [2.05, 4.69) is 20.0 Å². The smallest absolute Gasteiger partial charge is 0.222 e. The Morgan fingerprint density at radius 1 is 1.21 bits per heavy atom. The number of likely N-dealkylation sites (tertiary alicyclic amines) is 2. The zero-order valence-electron chi connectivity index (χ0n) is 14.8. The molecule has 2 saturated heterocycles. The molecule has 1 aromatic heterocycles. The van der Waals surface area contributed by atoms with E-state index < -0.39 is 0 Å². The molecule has 3 fully saturated rings. The number of aryl methyl sites for hydroxylation is 1. The quantitative estimate of drug-likeness (QED) is 0.850. The minimum atomic E-state index is 0.368. The Morgan fingerprint density at radius 2 is 1.96 bits per heavy atom. The third-order valence-corrected chi connectivity index (χ3v) is 6.55. The minimum absolute atomic E-state index is 0.368. The van der Waals surface area contributed by atoms with Gasteiger partial charge in [-0.3, -0.25) is 9.69 Å². The van der Waals surface area contributed by atoms with Crippen LogP contribution in [0.15, 0.2) is 6.33 Å². The first-order chi connectivity index (χ1) is 11.7. The predicted octanol–water partition coefficient (Wildman–Crippen LogP) is 1.96. The van der Waals surface area contributed by atoms with Gasteiger partial charge in [-0.2, -0.15) is 0 Å². The summed E-state index contributed by atoms with van der Waals surface area (Å²) in [5.41, 5.74) is 0.368.